The van der Waals surface area contributed by atoms with Gasteiger partial charge in [-0.25, -0.2) is 0 Å². The lowest BCUT2D eigenvalue weighted by molar-refractivity contribution is 0.360. The Morgan fingerprint density at radius 3 is 2.55 bits per heavy atom. The highest BCUT2D eigenvalue weighted by Crippen LogP contribution is 2.18. The first kappa shape index (κ1) is 19.3. The Bertz CT molecular complexity index is 977. The van der Waals surface area contributed by atoms with Gasteiger partial charge in [-0.15, -0.1) is 0 Å². The quantitative estimate of drug-likeness (QED) is 0.712. The first-order valence-corrected chi connectivity index (χ1v) is 10.2. The highest BCUT2D eigenvalue weighted by molar-refractivity contribution is 5.72. The predicted octanol–water partition coefficient (Wildman–Crippen LogP) is 4.23. The molecule has 0 saturated carbocycles. The van der Waals surface area contributed by atoms with E-state index in [1.165, 1.54) is 24.2 Å². The molecule has 1 aromatic carbocycles. The number of nitrogens with one attached hydrogen (secondary N) is 1. The molecular weight excluding hydrogens is 358 g/mol. The summed E-state index contributed by atoms with van der Waals surface area (Å²) < 4.78 is 2.08. The molecule has 5 nitrogen and oxygen atoms in total. The highest BCUT2D eigenvalue weighted by atomic mass is 15.2. The summed E-state index contributed by atoms with van der Waals surface area (Å²) in [5, 5.41) is 7.46. The van der Waals surface area contributed by atoms with E-state index in [2.05, 4.69) is 80.2 Å². The van der Waals surface area contributed by atoms with E-state index in [0.29, 0.717) is 0 Å². The second-order valence-corrected chi connectivity index (χ2v) is 7.69. The van der Waals surface area contributed by atoms with Crippen LogP contribution in [0.1, 0.15) is 29.1 Å². The molecule has 0 bridgehead atoms. The molecule has 0 amide bonds. The van der Waals surface area contributed by atoms with Crippen molar-refractivity contribution in [1.82, 2.24) is 19.7 Å². The van der Waals surface area contributed by atoms with Gasteiger partial charge < -0.3 is 14.4 Å². The zero-order valence-corrected chi connectivity index (χ0v) is 17.3. The third kappa shape index (κ3) is 5.06. The predicted molar refractivity (Wildman–Crippen MR) is 123 cm³/mol. The maximum absolute atomic E-state index is 4.38. The van der Waals surface area contributed by atoms with Gasteiger partial charge in [-0.05, 0) is 74.1 Å². The monoisotopic (exact) mass is 387 g/mol. The van der Waals surface area contributed by atoms with E-state index in [1.807, 2.05) is 31.5 Å². The molecule has 0 radical (unpaired) electrons. The van der Waals surface area contributed by atoms with Crippen molar-refractivity contribution in [3.63, 3.8) is 0 Å². The maximum atomic E-state index is 4.38. The van der Waals surface area contributed by atoms with Gasteiger partial charge >= 0.3 is 0 Å². The summed E-state index contributed by atoms with van der Waals surface area (Å²) in [6, 6.07) is 15.0. The minimum absolute atomic E-state index is 0.927. The van der Waals surface area contributed by atoms with Gasteiger partial charge in [-0.1, -0.05) is 18.2 Å². The number of benzene rings is 1. The van der Waals surface area contributed by atoms with Crippen LogP contribution in [0.25, 0.3) is 24.3 Å². The Morgan fingerprint density at radius 1 is 0.897 bits per heavy atom. The van der Waals surface area contributed by atoms with Gasteiger partial charge in [0.1, 0.15) is 0 Å². The summed E-state index contributed by atoms with van der Waals surface area (Å²) in [5.74, 6) is 0. The van der Waals surface area contributed by atoms with E-state index < -0.39 is 0 Å². The Labute approximate surface area is 173 Å². The van der Waals surface area contributed by atoms with Gasteiger partial charge in [-0.2, -0.15) is 5.10 Å². The third-order valence-corrected chi connectivity index (χ3v) is 5.46. The minimum atomic E-state index is 0.927. The Balaban J connectivity index is 1.37. The number of likely N-dealkylation sites (N-methyl/N-ethyl adjacent to an activating group) is 1. The van der Waals surface area contributed by atoms with Gasteiger partial charge in [0.15, 0.2) is 0 Å². The Kier molecular flexibility index (Phi) is 5.96. The zero-order valence-electron chi connectivity index (χ0n) is 17.3. The lowest BCUT2D eigenvalue weighted by atomic mass is 10.1. The molecule has 0 unspecified atom stereocenters. The molecule has 2 aromatic heterocycles. The molecule has 150 valence electrons. The highest BCUT2D eigenvalue weighted by Gasteiger charge is 2.12. The summed E-state index contributed by atoms with van der Waals surface area (Å²) >= 11 is 0. The maximum Gasteiger partial charge on any atom is 0.0854 e. The van der Waals surface area contributed by atoms with Gasteiger partial charge in [0.2, 0.25) is 0 Å². The van der Waals surface area contributed by atoms with Crippen molar-refractivity contribution in [2.45, 2.75) is 6.42 Å². The molecule has 1 aliphatic rings. The first-order chi connectivity index (χ1) is 14.2. The molecule has 4 rings (SSSR count). The number of rotatable bonds is 5. The molecule has 3 aromatic rings. The number of aryl methyl sites for hydroxylation is 1. The van der Waals surface area contributed by atoms with E-state index in [9.17, 15) is 0 Å². The second kappa shape index (κ2) is 8.97. The Morgan fingerprint density at radius 2 is 1.76 bits per heavy atom. The first-order valence-electron chi connectivity index (χ1n) is 10.2. The lowest BCUT2D eigenvalue weighted by Crippen LogP contribution is -2.28. The van der Waals surface area contributed by atoms with Gasteiger partial charge in [0.05, 0.1) is 11.4 Å². The largest absolute Gasteiger partial charge is 0.370 e. The van der Waals surface area contributed by atoms with Crippen LogP contribution < -0.4 is 4.90 Å². The van der Waals surface area contributed by atoms with E-state index in [-0.39, 0.29) is 0 Å². The number of hydrogen-bond acceptors (Lipinski definition) is 3. The average molecular weight is 388 g/mol. The fraction of sp³-hybridized carbons (Fsp3) is 0.292. The molecule has 1 saturated heterocycles. The van der Waals surface area contributed by atoms with Crippen LogP contribution in [0.3, 0.4) is 0 Å². The van der Waals surface area contributed by atoms with E-state index in [0.717, 1.165) is 36.7 Å². The second-order valence-electron chi connectivity index (χ2n) is 7.69. The zero-order chi connectivity index (χ0) is 20.1. The molecular formula is C24H29N5. The lowest BCUT2D eigenvalue weighted by Gasteiger charge is -2.22. The van der Waals surface area contributed by atoms with E-state index in [1.54, 1.807) is 0 Å². The number of nitrogens with zero attached hydrogens (tertiary/aromatic N) is 4. The number of hydrogen-bond donors (Lipinski definition) is 1. The fourth-order valence-electron chi connectivity index (χ4n) is 3.63. The SMILES string of the molecule is CN1CCCN(c2ccc(/C=C/c3cc(/C=C/c4cccn4C)[nH]n3)cc2)CC1. The molecule has 0 atom stereocenters. The molecule has 1 fully saturated rings. The van der Waals surface area contributed by atoms with Crippen molar-refractivity contribution in [3.8, 4) is 0 Å². The van der Waals surface area contributed by atoms with Crippen LogP contribution in [-0.2, 0) is 7.05 Å². The van der Waals surface area contributed by atoms with Crippen LogP contribution in [0.5, 0.6) is 0 Å². The van der Waals surface area contributed by atoms with Crippen molar-refractivity contribution in [1.29, 1.82) is 0 Å². The van der Waals surface area contributed by atoms with Crippen LogP contribution in [0, 0.1) is 0 Å². The van der Waals surface area contributed by atoms with Crippen LogP contribution in [0.15, 0.2) is 48.7 Å². The molecule has 3 heterocycles. The molecule has 29 heavy (non-hydrogen) atoms. The smallest absolute Gasteiger partial charge is 0.0854 e. The summed E-state index contributed by atoms with van der Waals surface area (Å²) in [5.41, 5.74) is 5.58. The van der Waals surface area contributed by atoms with Crippen LogP contribution in [0.2, 0.25) is 0 Å². The van der Waals surface area contributed by atoms with Crippen molar-refractivity contribution in [3.05, 3.63) is 71.3 Å². The van der Waals surface area contributed by atoms with Gasteiger partial charge in [0.25, 0.3) is 0 Å². The molecule has 5 heteroatoms. The summed E-state index contributed by atoms with van der Waals surface area (Å²) in [6.07, 6.45) is 11.6. The van der Waals surface area contributed by atoms with Crippen molar-refractivity contribution in [2.24, 2.45) is 7.05 Å². The normalized spacial score (nSPS) is 16.1. The summed E-state index contributed by atoms with van der Waals surface area (Å²) in [4.78, 5) is 4.89. The molecule has 1 aliphatic heterocycles. The van der Waals surface area contributed by atoms with Gasteiger partial charge in [-0.3, -0.25) is 5.10 Å². The fourth-order valence-corrected chi connectivity index (χ4v) is 3.63. The number of aromatic amines is 1. The van der Waals surface area contributed by atoms with Crippen molar-refractivity contribution in [2.75, 3.05) is 38.1 Å². The summed E-state index contributed by atoms with van der Waals surface area (Å²) in [6.45, 7) is 4.54. The molecule has 0 spiro atoms. The molecule has 0 aliphatic carbocycles. The van der Waals surface area contributed by atoms with E-state index >= 15 is 0 Å². The average Bonchev–Trinajstić information content (AvgIpc) is 3.30. The van der Waals surface area contributed by atoms with Crippen molar-refractivity contribution < 1.29 is 0 Å². The topological polar surface area (TPSA) is 40.1 Å². The van der Waals surface area contributed by atoms with Gasteiger partial charge in [0, 0.05) is 44.3 Å². The number of aromatic nitrogens is 3. The Hall–Kier alpha value is -3.05. The van der Waals surface area contributed by atoms with Crippen LogP contribution >= 0.6 is 0 Å². The van der Waals surface area contributed by atoms with E-state index in [4.69, 9.17) is 0 Å². The minimum Gasteiger partial charge on any atom is -0.370 e. The van der Waals surface area contributed by atoms with Crippen LogP contribution in [-0.4, -0.2) is 52.9 Å². The number of H-pyrrole nitrogens is 1. The molecule has 1 N–H and O–H groups in total. The van der Waals surface area contributed by atoms with Crippen molar-refractivity contribution >= 4 is 30.0 Å². The standard InChI is InChI=1S/C24H29N5/c1-27-14-4-16-29(18-17-27)24-11-7-20(8-12-24)6-9-21-19-22(26-25-21)10-13-23-5-3-15-28(23)2/h3,5-13,15,19H,4,14,16-18H2,1-2H3,(H,25,26)/b9-6+,13-10+. The van der Waals surface area contributed by atoms with Crippen LogP contribution in [0.4, 0.5) is 5.69 Å². The number of anilines is 1. The summed E-state index contributed by atoms with van der Waals surface area (Å²) in [7, 11) is 4.24. The third-order valence-electron chi connectivity index (χ3n) is 5.46.